The molecule has 6 nitrogen and oxygen atoms in total. The van der Waals surface area contributed by atoms with Crippen molar-refractivity contribution in [1.82, 2.24) is 5.32 Å². The molecule has 1 N–H and O–H groups in total. The third-order valence-electron chi connectivity index (χ3n) is 3.66. The standard InChI is InChI=1S/C18H20N2O4/c1-3-14-5-8-16(9-6-14)24-11-10-19-18(21)15-7-4-13(2)17(12-15)20(22)23/h4-9,12H,3,10-11H2,1-2H3,(H,19,21). The molecule has 0 aromatic heterocycles. The molecule has 0 saturated carbocycles. The average Bonchev–Trinajstić information content (AvgIpc) is 2.59. The van der Waals surface area contributed by atoms with Crippen molar-refractivity contribution in [1.29, 1.82) is 0 Å². The van der Waals surface area contributed by atoms with Crippen molar-refractivity contribution in [3.63, 3.8) is 0 Å². The normalized spacial score (nSPS) is 10.2. The van der Waals surface area contributed by atoms with Gasteiger partial charge in [-0.05, 0) is 37.1 Å². The number of hydrogen-bond donors (Lipinski definition) is 1. The number of carbonyl (C=O) groups is 1. The van der Waals surface area contributed by atoms with Gasteiger partial charge in [-0.15, -0.1) is 0 Å². The van der Waals surface area contributed by atoms with E-state index in [1.807, 2.05) is 24.3 Å². The maximum Gasteiger partial charge on any atom is 0.273 e. The molecule has 0 heterocycles. The van der Waals surface area contributed by atoms with E-state index in [9.17, 15) is 14.9 Å². The molecular weight excluding hydrogens is 308 g/mol. The molecule has 2 aromatic rings. The SMILES string of the molecule is CCc1ccc(OCCNC(=O)c2ccc(C)c([N+](=O)[O-])c2)cc1. The molecule has 0 spiro atoms. The Bertz CT molecular complexity index is 726. The number of nitrogens with one attached hydrogen (secondary N) is 1. The van der Waals surface area contributed by atoms with Gasteiger partial charge in [-0.25, -0.2) is 0 Å². The lowest BCUT2D eigenvalue weighted by Gasteiger charge is -2.08. The van der Waals surface area contributed by atoms with Crippen molar-refractivity contribution in [3.05, 3.63) is 69.3 Å². The van der Waals surface area contributed by atoms with Gasteiger partial charge in [-0.3, -0.25) is 14.9 Å². The van der Waals surface area contributed by atoms with Gasteiger partial charge in [0.05, 0.1) is 11.5 Å². The van der Waals surface area contributed by atoms with Crippen molar-refractivity contribution in [2.45, 2.75) is 20.3 Å². The van der Waals surface area contributed by atoms with E-state index in [0.29, 0.717) is 18.7 Å². The number of hydrogen-bond acceptors (Lipinski definition) is 4. The fourth-order valence-corrected chi connectivity index (χ4v) is 2.20. The van der Waals surface area contributed by atoms with Crippen LogP contribution in [0.15, 0.2) is 42.5 Å². The minimum absolute atomic E-state index is 0.0603. The van der Waals surface area contributed by atoms with E-state index >= 15 is 0 Å². The molecule has 0 fully saturated rings. The fourth-order valence-electron chi connectivity index (χ4n) is 2.20. The Labute approximate surface area is 140 Å². The summed E-state index contributed by atoms with van der Waals surface area (Å²) in [5, 5.41) is 13.6. The van der Waals surface area contributed by atoms with Gasteiger partial charge in [-0.2, -0.15) is 0 Å². The minimum atomic E-state index is -0.491. The zero-order valence-electron chi connectivity index (χ0n) is 13.7. The first-order chi connectivity index (χ1) is 11.5. The molecule has 6 heteroatoms. The van der Waals surface area contributed by atoms with E-state index in [0.717, 1.165) is 12.2 Å². The first-order valence-corrected chi connectivity index (χ1v) is 7.76. The van der Waals surface area contributed by atoms with Crippen LogP contribution in [-0.2, 0) is 6.42 Å². The highest BCUT2D eigenvalue weighted by Gasteiger charge is 2.14. The Balaban J connectivity index is 1.84. The molecule has 126 valence electrons. The molecular formula is C18H20N2O4. The summed E-state index contributed by atoms with van der Waals surface area (Å²) in [7, 11) is 0. The summed E-state index contributed by atoms with van der Waals surface area (Å²) in [4.78, 5) is 22.5. The number of ether oxygens (including phenoxy) is 1. The number of nitrogens with zero attached hydrogens (tertiary/aromatic N) is 1. The molecule has 0 radical (unpaired) electrons. The third kappa shape index (κ3) is 4.55. The highest BCUT2D eigenvalue weighted by molar-refractivity contribution is 5.94. The lowest BCUT2D eigenvalue weighted by Crippen LogP contribution is -2.28. The van der Waals surface area contributed by atoms with E-state index < -0.39 is 4.92 Å². The van der Waals surface area contributed by atoms with E-state index in [2.05, 4.69) is 12.2 Å². The number of nitro groups is 1. The highest BCUT2D eigenvalue weighted by atomic mass is 16.6. The highest BCUT2D eigenvalue weighted by Crippen LogP contribution is 2.19. The van der Waals surface area contributed by atoms with Crippen LogP contribution in [0.5, 0.6) is 5.75 Å². The molecule has 0 aliphatic carbocycles. The van der Waals surface area contributed by atoms with Crippen LogP contribution >= 0.6 is 0 Å². The summed E-state index contributed by atoms with van der Waals surface area (Å²) in [6.07, 6.45) is 0.971. The van der Waals surface area contributed by atoms with Crippen molar-refractivity contribution in [2.24, 2.45) is 0 Å². The number of benzene rings is 2. The minimum Gasteiger partial charge on any atom is -0.492 e. The predicted molar refractivity (Wildman–Crippen MR) is 91.5 cm³/mol. The number of nitro benzene ring substituents is 1. The van der Waals surface area contributed by atoms with Crippen LogP contribution in [-0.4, -0.2) is 24.0 Å². The maximum atomic E-state index is 12.0. The van der Waals surface area contributed by atoms with Crippen molar-refractivity contribution in [2.75, 3.05) is 13.2 Å². The molecule has 1 amide bonds. The number of rotatable bonds is 7. The van der Waals surface area contributed by atoms with Gasteiger partial charge in [0, 0.05) is 17.2 Å². The zero-order valence-corrected chi connectivity index (χ0v) is 13.7. The summed E-state index contributed by atoms with van der Waals surface area (Å²) in [6.45, 7) is 4.36. The average molecular weight is 328 g/mol. The zero-order chi connectivity index (χ0) is 17.5. The lowest BCUT2D eigenvalue weighted by molar-refractivity contribution is -0.385. The number of amides is 1. The van der Waals surface area contributed by atoms with Crippen LogP contribution in [0.4, 0.5) is 5.69 Å². The first kappa shape index (κ1) is 17.5. The Morgan fingerprint density at radius 1 is 1.21 bits per heavy atom. The van der Waals surface area contributed by atoms with Crippen molar-refractivity contribution >= 4 is 11.6 Å². The van der Waals surface area contributed by atoms with Crippen LogP contribution in [0.3, 0.4) is 0 Å². The number of carbonyl (C=O) groups excluding carboxylic acids is 1. The lowest BCUT2D eigenvalue weighted by atomic mass is 10.1. The van der Waals surface area contributed by atoms with Crippen LogP contribution in [0, 0.1) is 17.0 Å². The molecule has 0 atom stereocenters. The largest absolute Gasteiger partial charge is 0.492 e. The fraction of sp³-hybridized carbons (Fsp3) is 0.278. The number of aryl methyl sites for hydroxylation is 2. The summed E-state index contributed by atoms with van der Waals surface area (Å²) >= 11 is 0. The molecule has 0 unspecified atom stereocenters. The van der Waals surface area contributed by atoms with Crippen LogP contribution in [0.2, 0.25) is 0 Å². The van der Waals surface area contributed by atoms with E-state index in [4.69, 9.17) is 4.74 Å². The predicted octanol–water partition coefficient (Wildman–Crippen LogP) is 3.27. The van der Waals surface area contributed by atoms with Crippen LogP contribution in [0.25, 0.3) is 0 Å². The van der Waals surface area contributed by atoms with Gasteiger partial charge in [0.25, 0.3) is 11.6 Å². The van der Waals surface area contributed by atoms with Gasteiger partial charge in [-0.1, -0.05) is 25.1 Å². The summed E-state index contributed by atoms with van der Waals surface area (Å²) in [5.41, 5.74) is 1.96. The summed E-state index contributed by atoms with van der Waals surface area (Å²) in [5.74, 6) is 0.385. The monoisotopic (exact) mass is 328 g/mol. The maximum absolute atomic E-state index is 12.0. The van der Waals surface area contributed by atoms with Gasteiger partial charge in [0.2, 0.25) is 0 Å². The smallest absolute Gasteiger partial charge is 0.273 e. The van der Waals surface area contributed by atoms with Crippen molar-refractivity contribution in [3.8, 4) is 5.75 Å². The second kappa shape index (κ2) is 8.10. The van der Waals surface area contributed by atoms with Gasteiger partial charge in [0.15, 0.2) is 0 Å². The Morgan fingerprint density at radius 3 is 2.54 bits per heavy atom. The van der Waals surface area contributed by atoms with E-state index in [1.54, 1.807) is 19.1 Å². The Hall–Kier alpha value is -2.89. The van der Waals surface area contributed by atoms with Crippen LogP contribution in [0.1, 0.15) is 28.4 Å². The topological polar surface area (TPSA) is 81.5 Å². The second-order valence-corrected chi connectivity index (χ2v) is 5.36. The third-order valence-corrected chi connectivity index (χ3v) is 3.66. The molecule has 0 saturated heterocycles. The van der Waals surface area contributed by atoms with Gasteiger partial charge >= 0.3 is 0 Å². The Kier molecular flexibility index (Phi) is 5.89. The van der Waals surface area contributed by atoms with Gasteiger partial charge < -0.3 is 10.1 Å². The summed E-state index contributed by atoms with van der Waals surface area (Å²) < 4.78 is 5.55. The summed E-state index contributed by atoms with van der Waals surface area (Å²) in [6, 6.07) is 12.2. The molecule has 2 aromatic carbocycles. The molecule has 2 rings (SSSR count). The van der Waals surface area contributed by atoms with E-state index in [-0.39, 0.29) is 17.2 Å². The molecule has 0 aliphatic rings. The van der Waals surface area contributed by atoms with Gasteiger partial charge in [0.1, 0.15) is 12.4 Å². The molecule has 0 bridgehead atoms. The second-order valence-electron chi connectivity index (χ2n) is 5.36. The van der Waals surface area contributed by atoms with Crippen molar-refractivity contribution < 1.29 is 14.5 Å². The first-order valence-electron chi connectivity index (χ1n) is 7.76. The molecule has 24 heavy (non-hydrogen) atoms. The van der Waals surface area contributed by atoms with E-state index in [1.165, 1.54) is 11.6 Å². The quantitative estimate of drug-likeness (QED) is 0.480. The molecule has 0 aliphatic heterocycles. The Morgan fingerprint density at radius 2 is 1.92 bits per heavy atom. The van der Waals surface area contributed by atoms with Crippen LogP contribution < -0.4 is 10.1 Å².